The van der Waals surface area contributed by atoms with Gasteiger partial charge in [-0.25, -0.2) is 0 Å². The van der Waals surface area contributed by atoms with Gasteiger partial charge in [0, 0.05) is 0 Å². The van der Waals surface area contributed by atoms with Crippen LogP contribution in [-0.2, 0) is 3.02 Å². The molecular formula is H3BO3Te. The Hall–Kier alpha value is 0.735. The summed E-state index contributed by atoms with van der Waals surface area (Å²) in [5.74, 6) is 0. The van der Waals surface area contributed by atoms with Gasteiger partial charge in [0.05, 0.1) is 0 Å². The topological polar surface area (TPSA) is 49.7 Å². The normalized spacial score (nSPS) is 7.80. The van der Waals surface area contributed by atoms with Crippen LogP contribution in [0.15, 0.2) is 0 Å². The van der Waals surface area contributed by atoms with Crippen LogP contribution < -0.4 is 0 Å². The van der Waals surface area contributed by atoms with E-state index in [2.05, 4.69) is 3.02 Å². The van der Waals surface area contributed by atoms with E-state index >= 15 is 0 Å². The summed E-state index contributed by atoms with van der Waals surface area (Å²) >= 11 is 0.902. The van der Waals surface area contributed by atoms with E-state index in [9.17, 15) is 0 Å². The first-order chi connectivity index (χ1) is 2.27. The van der Waals surface area contributed by atoms with Gasteiger partial charge in [-0.15, -0.1) is 0 Å². The van der Waals surface area contributed by atoms with E-state index < -0.39 is 7.32 Å². The SMILES string of the molecule is OB(O)O[TeH]. The van der Waals surface area contributed by atoms with Crippen molar-refractivity contribution in [3.8, 4) is 0 Å². The zero-order valence-electron chi connectivity index (χ0n) is 2.33. The molecule has 5 heteroatoms. The molecule has 0 aromatic heterocycles. The van der Waals surface area contributed by atoms with Crippen LogP contribution in [0.4, 0.5) is 0 Å². The van der Waals surface area contributed by atoms with Crippen molar-refractivity contribution in [3.05, 3.63) is 0 Å². The molecule has 0 aromatic carbocycles. The van der Waals surface area contributed by atoms with Gasteiger partial charge in [0.25, 0.3) is 0 Å². The summed E-state index contributed by atoms with van der Waals surface area (Å²) < 4.78 is 3.91. The van der Waals surface area contributed by atoms with E-state index in [4.69, 9.17) is 10.0 Å². The number of hydrogen-bond acceptors (Lipinski definition) is 3. The van der Waals surface area contributed by atoms with Gasteiger partial charge in [-0.3, -0.25) is 0 Å². The minimum absolute atomic E-state index is 0.902. The average molecular weight is 189 g/mol. The fourth-order valence-electron chi connectivity index (χ4n) is 0. The predicted octanol–water partition coefficient (Wildman–Crippen LogP) is -2.21. The van der Waals surface area contributed by atoms with Crippen molar-refractivity contribution >= 4 is 30.0 Å². The first-order valence-corrected chi connectivity index (χ1v) is 1.98. The Morgan fingerprint density at radius 1 is 1.60 bits per heavy atom. The van der Waals surface area contributed by atoms with E-state index in [0.717, 1.165) is 22.7 Å². The summed E-state index contributed by atoms with van der Waals surface area (Å²) in [6.45, 7) is 0. The van der Waals surface area contributed by atoms with E-state index in [-0.39, 0.29) is 0 Å². The summed E-state index contributed by atoms with van der Waals surface area (Å²) in [7, 11) is -1.59. The van der Waals surface area contributed by atoms with Crippen LogP contribution in [0.1, 0.15) is 0 Å². The number of rotatable bonds is 1. The molecule has 0 atom stereocenters. The van der Waals surface area contributed by atoms with E-state index in [1.54, 1.807) is 0 Å². The van der Waals surface area contributed by atoms with Crippen LogP contribution in [0.5, 0.6) is 0 Å². The molecule has 0 fully saturated rings. The van der Waals surface area contributed by atoms with Crippen LogP contribution in [0.3, 0.4) is 0 Å². The monoisotopic (exact) mass is 192 g/mol. The number of hydrogen-bond donors (Lipinski definition) is 2. The molecule has 0 spiro atoms. The van der Waals surface area contributed by atoms with Gasteiger partial charge in [0.2, 0.25) is 0 Å². The molecule has 0 aliphatic heterocycles. The summed E-state index contributed by atoms with van der Waals surface area (Å²) in [5.41, 5.74) is 0. The van der Waals surface area contributed by atoms with Crippen molar-refractivity contribution in [2.45, 2.75) is 0 Å². The molecule has 30 valence electrons. The van der Waals surface area contributed by atoms with E-state index in [1.165, 1.54) is 0 Å². The Labute approximate surface area is 43.6 Å². The molecule has 0 aromatic rings. The average Bonchev–Trinajstić information content (AvgIpc) is 1.38. The van der Waals surface area contributed by atoms with Crippen molar-refractivity contribution in [3.63, 3.8) is 0 Å². The molecule has 0 heterocycles. The standard InChI is InChI=1S/BH3O3Te/c2-1(3)4-5/h2-3,5H. The molecule has 0 aliphatic rings. The third-order valence-electron chi connectivity index (χ3n) is 0.0943. The molecule has 0 bridgehead atoms. The maximum atomic E-state index is 7.71. The van der Waals surface area contributed by atoms with Gasteiger partial charge in [0.1, 0.15) is 0 Å². The fraction of sp³-hybridized carbons (Fsp3) is 0. The van der Waals surface area contributed by atoms with E-state index in [1.807, 2.05) is 0 Å². The van der Waals surface area contributed by atoms with Crippen molar-refractivity contribution in [2.75, 3.05) is 0 Å². The molecule has 0 radical (unpaired) electrons. The molecule has 0 aliphatic carbocycles. The Morgan fingerprint density at radius 2 is 1.80 bits per heavy atom. The molecule has 0 unspecified atom stereocenters. The second-order valence-electron chi connectivity index (χ2n) is 0.432. The molecular weight excluding hydrogens is 186 g/mol. The second-order valence-corrected chi connectivity index (χ2v) is 1.03. The maximum absolute atomic E-state index is 7.71. The second kappa shape index (κ2) is 2.95. The zero-order valence-corrected chi connectivity index (χ0v) is 4.88. The zero-order chi connectivity index (χ0) is 4.28. The Kier molecular flexibility index (Phi) is 3.38. The first-order valence-electron chi connectivity index (χ1n) is 0.935. The van der Waals surface area contributed by atoms with Gasteiger partial charge < -0.3 is 0 Å². The predicted molar refractivity (Wildman–Crippen MR) is 18.4 cm³/mol. The molecule has 0 rings (SSSR count). The van der Waals surface area contributed by atoms with Gasteiger partial charge in [-0.2, -0.15) is 0 Å². The third kappa shape index (κ3) is 4.73. The fourth-order valence-corrected chi connectivity index (χ4v) is 0. The van der Waals surface area contributed by atoms with Crippen LogP contribution in [-0.4, -0.2) is 40.1 Å². The van der Waals surface area contributed by atoms with Crippen LogP contribution in [0, 0.1) is 0 Å². The van der Waals surface area contributed by atoms with Gasteiger partial charge in [-0.1, -0.05) is 0 Å². The van der Waals surface area contributed by atoms with Gasteiger partial charge in [0.15, 0.2) is 0 Å². The Bertz CT molecular complexity index is 20.9. The van der Waals surface area contributed by atoms with Crippen molar-refractivity contribution in [1.29, 1.82) is 0 Å². The Morgan fingerprint density at radius 3 is 1.80 bits per heavy atom. The van der Waals surface area contributed by atoms with Crippen LogP contribution >= 0.6 is 0 Å². The van der Waals surface area contributed by atoms with E-state index in [0.29, 0.717) is 0 Å². The molecule has 3 nitrogen and oxygen atoms in total. The molecule has 2 N–H and O–H groups in total. The summed E-state index contributed by atoms with van der Waals surface area (Å²) in [5, 5.41) is 15.4. The Balaban J connectivity index is 2.54. The quantitative estimate of drug-likeness (QED) is 0.460. The summed E-state index contributed by atoms with van der Waals surface area (Å²) in [6, 6.07) is 0. The summed E-state index contributed by atoms with van der Waals surface area (Å²) in [4.78, 5) is 0. The summed E-state index contributed by atoms with van der Waals surface area (Å²) in [6.07, 6.45) is 0. The minimum atomic E-state index is -1.59. The van der Waals surface area contributed by atoms with Gasteiger partial charge in [-0.05, 0) is 0 Å². The van der Waals surface area contributed by atoms with Crippen molar-refractivity contribution in [2.24, 2.45) is 0 Å². The first kappa shape index (κ1) is 5.73. The third-order valence-corrected chi connectivity index (χ3v) is 0.632. The molecule has 5 heavy (non-hydrogen) atoms. The van der Waals surface area contributed by atoms with Crippen LogP contribution in [0.25, 0.3) is 0 Å². The van der Waals surface area contributed by atoms with Crippen molar-refractivity contribution < 1.29 is 13.1 Å². The van der Waals surface area contributed by atoms with Crippen LogP contribution in [0.2, 0.25) is 0 Å². The van der Waals surface area contributed by atoms with Gasteiger partial charge >= 0.3 is 43.1 Å². The molecule has 0 saturated carbocycles. The molecule has 0 saturated heterocycles. The molecule has 0 amide bonds. The van der Waals surface area contributed by atoms with Crippen molar-refractivity contribution in [1.82, 2.24) is 0 Å².